The quantitative estimate of drug-likeness (QED) is 0.0669. The van der Waals surface area contributed by atoms with Crippen LogP contribution in [0.1, 0.15) is 72.6 Å². The predicted molar refractivity (Wildman–Crippen MR) is 388 cm³/mol. The van der Waals surface area contributed by atoms with Gasteiger partial charge in [0, 0.05) is 161 Å². The molecule has 2 aliphatic rings. The number of imidazole rings is 2. The Bertz CT molecular complexity index is 3850. The molecule has 0 bridgehead atoms. The summed E-state index contributed by atoms with van der Waals surface area (Å²) in [6, 6.07) is 7.37. The lowest BCUT2D eigenvalue weighted by Crippen LogP contribution is -2.56. The van der Waals surface area contributed by atoms with Crippen LogP contribution in [0.15, 0.2) is 73.8 Å². The number of carbonyl (C=O) groups excluding carboxylic acids is 4. The van der Waals surface area contributed by atoms with Crippen molar-refractivity contribution in [2.75, 3.05) is 51.2 Å². The first-order valence-corrected chi connectivity index (χ1v) is 43.5. The number of halogens is 1. The number of phenolic OH excluding ortho intramolecular Hbond substituents is 1. The molecular weight excluding hydrogens is 1480 g/mol. The van der Waals surface area contributed by atoms with Gasteiger partial charge in [0.15, 0.2) is 46.4 Å². The molecule has 10 atom stereocenters. The van der Waals surface area contributed by atoms with Crippen molar-refractivity contribution in [3.63, 3.8) is 0 Å². The number of aliphatic hydroxyl groups excluding tert-OH is 4. The fraction of sp³-hybridized carbons (Fsp3) is 0.509. The van der Waals surface area contributed by atoms with E-state index in [1.54, 1.807) is 143 Å². The van der Waals surface area contributed by atoms with Crippen molar-refractivity contribution < 1.29 is 68.0 Å². The zero-order valence-electron chi connectivity index (χ0n) is 51.2. The smallest absolute Gasteiger partial charge is 0.408 e. The number of anilines is 2. The molecule has 0 spiro atoms. The van der Waals surface area contributed by atoms with E-state index in [0.717, 1.165) is 0 Å². The van der Waals surface area contributed by atoms with E-state index in [0.29, 0.717) is 45.1 Å². The van der Waals surface area contributed by atoms with Gasteiger partial charge in [0.05, 0.1) is 38.0 Å². The van der Waals surface area contributed by atoms with Gasteiger partial charge in [0.25, 0.3) is 0 Å². The van der Waals surface area contributed by atoms with E-state index in [2.05, 4.69) is 51.2 Å². The van der Waals surface area contributed by atoms with Crippen LogP contribution in [0.3, 0.4) is 0 Å². The summed E-state index contributed by atoms with van der Waals surface area (Å²) < 4.78 is 39.0. The summed E-state index contributed by atoms with van der Waals surface area (Å²) >= 11 is 9.40. The average molecular weight is 1550 g/mol. The Labute approximate surface area is 583 Å². The summed E-state index contributed by atoms with van der Waals surface area (Å²) in [7, 11) is 25.3. The topological polar surface area (TPSA) is 348 Å². The number of aromatic hydroxyl groups is 1. The van der Waals surface area contributed by atoms with Gasteiger partial charge in [0.1, 0.15) is 71.9 Å². The number of hydrogen-bond acceptors (Lipinski definition) is 23. The van der Waals surface area contributed by atoms with Gasteiger partial charge >= 0.3 is 12.2 Å². The van der Waals surface area contributed by atoms with E-state index < -0.39 is 115 Å². The summed E-state index contributed by atoms with van der Waals surface area (Å²) in [5, 5.41) is 62.7. The third-order valence-electron chi connectivity index (χ3n) is 12.8. The number of benzene rings is 2. The van der Waals surface area contributed by atoms with Crippen molar-refractivity contribution in [1.82, 2.24) is 60.3 Å². The minimum Gasteiger partial charge on any atom is -0.508 e. The number of nitrogens with zero attached hydrogens (tertiary/aromatic N) is 10. The highest BCUT2D eigenvalue weighted by Crippen LogP contribution is 2.35. The summed E-state index contributed by atoms with van der Waals surface area (Å²) in [5.41, 5.74) is 1.42. The van der Waals surface area contributed by atoms with E-state index in [9.17, 15) is 49.1 Å². The maximum atomic E-state index is 13.5. The predicted octanol–water partition coefficient (Wildman–Crippen LogP) is 1.98. The van der Waals surface area contributed by atoms with E-state index in [-0.39, 0.29) is 26.0 Å². The molecule has 518 valence electrons. The maximum absolute atomic E-state index is 13.5. The highest BCUT2D eigenvalue weighted by atomic mass is 33.5. The molecule has 0 radical (unpaired) electrons. The van der Waals surface area contributed by atoms with Crippen molar-refractivity contribution in [3.05, 3.63) is 90.8 Å². The minimum absolute atomic E-state index is 0. The second kappa shape index (κ2) is 38.2. The first kappa shape index (κ1) is 79.7. The first-order valence-electron chi connectivity index (χ1n) is 27.5. The molecule has 0 aliphatic carbocycles. The van der Waals surface area contributed by atoms with Gasteiger partial charge in [-0.3, -0.25) is 18.7 Å². The van der Waals surface area contributed by atoms with E-state index in [4.69, 9.17) is 41.3 Å². The fourth-order valence-corrected chi connectivity index (χ4v) is 33.7. The third-order valence-corrected chi connectivity index (χ3v) is 35.0. The number of nitrogens with one attached hydrogen (secondary N) is 4. The molecule has 0 unspecified atom stereocenters. The van der Waals surface area contributed by atoms with E-state index >= 15 is 0 Å². The SMILES string of the molecule is C.CN(C)c1ncnc2c1ncn2[C@@H]1O[C@H](CO)[C@@H](NC(=O)[C@H](Cc2ccc(O)cc2)NC(=O)OC(C)(C)C)[C@H]1O.CN(C)c1ncnc2c1ncn2[C@@H]1O[C@H](CO)[C@@H](NC(=O)[C@H](Cc2ccc([18F])cc2)NC(=O)OC(C)(C)C)[C@H]1O.S=S=S=S=S=S=S=S=S=S=S=S=S. The van der Waals surface area contributed by atoms with Crippen LogP contribution in [0.4, 0.5) is 25.6 Å². The van der Waals surface area contributed by atoms with Gasteiger partial charge in [-0.15, -0.1) is 0 Å². The van der Waals surface area contributed by atoms with Crippen molar-refractivity contribution in [3.8, 4) is 5.75 Å². The molecule has 2 aromatic carbocycles. The molecule has 27 nitrogen and oxygen atoms in total. The molecule has 9 N–H and O–H groups in total. The van der Waals surface area contributed by atoms with Crippen LogP contribution < -0.4 is 31.1 Å². The van der Waals surface area contributed by atoms with Gasteiger partial charge in [-0.25, -0.2) is 43.9 Å². The number of amides is 4. The van der Waals surface area contributed by atoms with Crippen molar-refractivity contribution in [1.29, 1.82) is 0 Å². The van der Waals surface area contributed by atoms with Gasteiger partial charge < -0.3 is 75.5 Å². The minimum atomic E-state index is -1.32. The Morgan fingerprint density at radius 2 is 0.947 bits per heavy atom. The summed E-state index contributed by atoms with van der Waals surface area (Å²) in [6.07, 6.45) is -2.53. The lowest BCUT2D eigenvalue weighted by molar-refractivity contribution is -0.125. The lowest BCUT2D eigenvalue weighted by Gasteiger charge is -2.26. The molecule has 2 saturated heterocycles. The molecule has 2 fully saturated rings. The molecule has 4 amide bonds. The number of ether oxygens (including phenoxy) is 4. The largest absolute Gasteiger partial charge is 0.508 e. The highest BCUT2D eigenvalue weighted by molar-refractivity contribution is 8.75. The monoisotopic (exact) mass is 1550 g/mol. The Morgan fingerprint density at radius 3 is 1.28 bits per heavy atom. The molecule has 2 aliphatic heterocycles. The Kier molecular flexibility index (Phi) is 32.4. The lowest BCUT2D eigenvalue weighted by atomic mass is 10.0. The molecule has 8 rings (SSSR count). The van der Waals surface area contributed by atoms with Crippen molar-refractivity contribution >= 4 is 178 Å². The number of rotatable bonds is 16. The second-order valence-electron chi connectivity index (χ2n) is 22.2. The first-order chi connectivity index (χ1) is 44.2. The van der Waals surface area contributed by atoms with Gasteiger partial charge in [-0.2, -0.15) is 0 Å². The number of phenols is 1. The number of aliphatic hydroxyl groups is 4. The van der Waals surface area contributed by atoms with Gasteiger partial charge in [-0.1, -0.05) is 31.7 Å². The molecule has 6 heterocycles. The number of alkyl carbamates (subject to hydrolysis) is 2. The second-order valence-corrected chi connectivity index (χ2v) is 41.7. The molecule has 94 heavy (non-hydrogen) atoms. The average Bonchev–Trinajstić information content (AvgIpc) is 1.62. The normalized spacial score (nSPS) is 19.4. The Balaban J connectivity index is 0.000000284. The summed E-state index contributed by atoms with van der Waals surface area (Å²) in [6.45, 7) is 9.16. The fourth-order valence-electron chi connectivity index (χ4n) is 8.99. The summed E-state index contributed by atoms with van der Waals surface area (Å²) in [4.78, 5) is 81.3. The van der Waals surface area contributed by atoms with E-state index in [1.807, 2.05) is 28.2 Å². The van der Waals surface area contributed by atoms with Crippen LogP contribution in [-0.2, 0) is 161 Å². The van der Waals surface area contributed by atoms with Crippen LogP contribution in [0.2, 0.25) is 0 Å². The molecular formula is C53H73FN14O13S13. The molecule has 4 aromatic heterocycles. The number of fused-ring (bicyclic) bond motifs is 2. The van der Waals surface area contributed by atoms with Crippen molar-refractivity contribution in [2.45, 2.75) is 134 Å². The number of carbonyl (C=O) groups is 4. The van der Waals surface area contributed by atoms with Gasteiger partial charge in [0.2, 0.25) is 11.8 Å². The van der Waals surface area contributed by atoms with Gasteiger partial charge in [-0.05, 0) is 76.9 Å². The van der Waals surface area contributed by atoms with Crippen LogP contribution in [0.25, 0.3) is 22.3 Å². The molecule has 41 heteroatoms. The van der Waals surface area contributed by atoms with Crippen molar-refractivity contribution in [2.24, 2.45) is 0 Å². The van der Waals surface area contributed by atoms with Crippen LogP contribution in [0.5, 0.6) is 5.75 Å². The molecule has 6 aromatic rings. The number of hydrogen-bond donors (Lipinski definition) is 9. The van der Waals surface area contributed by atoms with Crippen LogP contribution in [-0.4, -0.2) is 190 Å². The standard InChI is InChI=1S/C26H34FN7O6.C26H35N7O7.CH4.S13/c1-26(2,3)40-25(38)31-16(10-14-6-8-15(27)9-7-14)23(37)32-18-17(11-35)39-24(20(18)36)34-13-30-19-21(33(4)5)28-12-29-22(19)34;1-26(2,3)40-25(38)30-16(10-14-6-8-15(35)9-7-14)23(37)31-18-17(11-34)39-24(20(18)36)33-13-29-19-21(32(4)5)27-12-28-22(19)33;;1-3-5-7-9-11-13-12-10-8-6-4-2/h6-9,12-13,16-18,20,24,35-36H,10-11H2,1-5H3,(H,31,38)(H,32,37);6-9,12-13,16-18,20,24,34-36H,10-11H2,1-5H3,(H,30,38)(H,31,37);1H4;/t2*16-,17+,18+,20+,24+;;/m00../s1/i27-1;;;. The highest BCUT2D eigenvalue weighted by Gasteiger charge is 2.48. The summed E-state index contributed by atoms with van der Waals surface area (Å²) in [5.74, 6) is -0.527. The zero-order valence-corrected chi connectivity index (χ0v) is 61.8. The third kappa shape index (κ3) is 23.6. The van der Waals surface area contributed by atoms with Crippen LogP contribution in [0, 0.1) is 5.82 Å². The van der Waals surface area contributed by atoms with Crippen LogP contribution >= 0.6 is 0 Å². The number of aromatic nitrogens is 8. The Morgan fingerprint density at radius 1 is 0.596 bits per heavy atom. The molecule has 0 saturated carbocycles. The zero-order chi connectivity index (χ0) is 68.2. The Hall–Kier alpha value is -5.03. The maximum Gasteiger partial charge on any atom is 0.408 e. The van der Waals surface area contributed by atoms with E-state index in [1.165, 1.54) is 88.6 Å².